The van der Waals surface area contributed by atoms with Gasteiger partial charge in [-0.2, -0.15) is 5.26 Å². The Morgan fingerprint density at radius 2 is 1.76 bits per heavy atom. The molecule has 0 saturated heterocycles. The number of nitriles is 1. The van der Waals surface area contributed by atoms with Gasteiger partial charge >= 0.3 is 0 Å². The molecule has 0 aliphatic heterocycles. The molecule has 0 aliphatic carbocycles. The summed E-state index contributed by atoms with van der Waals surface area (Å²) in [5.74, 6) is 0.899. The summed E-state index contributed by atoms with van der Waals surface area (Å²) in [4.78, 5) is 0. The molecule has 2 aromatic rings. The van der Waals surface area contributed by atoms with E-state index in [4.69, 9.17) is 10.00 Å². The maximum absolute atomic E-state index is 8.87. The lowest BCUT2D eigenvalue weighted by Crippen LogP contribution is -2.12. The van der Waals surface area contributed by atoms with Gasteiger partial charge in [0.15, 0.2) is 0 Å². The van der Waals surface area contributed by atoms with Crippen molar-refractivity contribution in [1.29, 1.82) is 5.26 Å². The van der Waals surface area contributed by atoms with Crippen molar-refractivity contribution >= 4 is 0 Å². The molecule has 0 aromatic heterocycles. The minimum Gasteiger partial charge on any atom is -0.491 e. The van der Waals surface area contributed by atoms with E-state index in [1.807, 2.05) is 50.2 Å². The Balaban J connectivity index is 1.84. The molecule has 1 N–H and O–H groups in total. The zero-order valence-corrected chi connectivity index (χ0v) is 12.5. The molecule has 0 amide bonds. The molecule has 3 heteroatoms. The van der Waals surface area contributed by atoms with Crippen LogP contribution in [-0.4, -0.2) is 6.10 Å². The summed E-state index contributed by atoms with van der Waals surface area (Å²) in [5, 5.41) is 12.3. The normalized spacial score (nSPS) is 10.4. The summed E-state index contributed by atoms with van der Waals surface area (Å²) in [7, 11) is 0. The molecule has 0 bridgehead atoms. The molecule has 21 heavy (non-hydrogen) atoms. The molecule has 0 saturated carbocycles. The van der Waals surface area contributed by atoms with E-state index in [0.29, 0.717) is 5.56 Å². The lowest BCUT2D eigenvalue weighted by Gasteiger charge is -2.10. The highest BCUT2D eigenvalue weighted by Crippen LogP contribution is 2.14. The fraction of sp³-hybridized carbons (Fsp3) is 0.278. The van der Waals surface area contributed by atoms with Gasteiger partial charge in [0.1, 0.15) is 5.75 Å². The molecule has 0 spiro atoms. The Morgan fingerprint density at radius 1 is 1.05 bits per heavy atom. The first kappa shape index (κ1) is 15.1. The third-order valence-corrected chi connectivity index (χ3v) is 3.01. The highest BCUT2D eigenvalue weighted by atomic mass is 16.5. The number of hydrogen-bond donors (Lipinski definition) is 1. The molecule has 0 radical (unpaired) electrons. The van der Waals surface area contributed by atoms with Gasteiger partial charge < -0.3 is 10.1 Å². The molecule has 3 nitrogen and oxygen atoms in total. The van der Waals surface area contributed by atoms with Crippen LogP contribution < -0.4 is 10.1 Å². The topological polar surface area (TPSA) is 45.0 Å². The average Bonchev–Trinajstić information content (AvgIpc) is 2.49. The van der Waals surface area contributed by atoms with Crippen molar-refractivity contribution in [2.24, 2.45) is 0 Å². The summed E-state index contributed by atoms with van der Waals surface area (Å²) in [6.07, 6.45) is 0.196. The van der Waals surface area contributed by atoms with Gasteiger partial charge in [-0.3, -0.25) is 0 Å². The summed E-state index contributed by atoms with van der Waals surface area (Å²) >= 11 is 0. The van der Waals surface area contributed by atoms with Crippen LogP contribution in [-0.2, 0) is 13.1 Å². The predicted octanol–water partition coefficient (Wildman–Crippen LogP) is 3.64. The number of ether oxygens (including phenoxy) is 1. The summed E-state index contributed by atoms with van der Waals surface area (Å²) in [6.45, 7) is 5.58. The Labute approximate surface area is 126 Å². The van der Waals surface area contributed by atoms with Crippen LogP contribution in [0.5, 0.6) is 5.75 Å². The molecule has 108 valence electrons. The third kappa shape index (κ3) is 4.94. The molecule has 0 atom stereocenters. The third-order valence-electron chi connectivity index (χ3n) is 3.01. The second kappa shape index (κ2) is 7.47. The van der Waals surface area contributed by atoms with Crippen LogP contribution >= 0.6 is 0 Å². The summed E-state index contributed by atoms with van der Waals surface area (Å²) < 4.78 is 5.62. The van der Waals surface area contributed by atoms with Gasteiger partial charge in [0.25, 0.3) is 0 Å². The van der Waals surface area contributed by atoms with Crippen LogP contribution in [0.3, 0.4) is 0 Å². The van der Waals surface area contributed by atoms with Gasteiger partial charge in [0.2, 0.25) is 0 Å². The lowest BCUT2D eigenvalue weighted by molar-refractivity contribution is 0.242. The van der Waals surface area contributed by atoms with E-state index < -0.39 is 0 Å². The monoisotopic (exact) mass is 280 g/mol. The van der Waals surface area contributed by atoms with Crippen LogP contribution in [0.4, 0.5) is 0 Å². The largest absolute Gasteiger partial charge is 0.491 e. The van der Waals surface area contributed by atoms with Crippen molar-refractivity contribution in [1.82, 2.24) is 5.32 Å². The highest BCUT2D eigenvalue weighted by molar-refractivity contribution is 5.32. The number of nitrogens with one attached hydrogen (secondary N) is 1. The second-order valence-corrected chi connectivity index (χ2v) is 5.23. The van der Waals surface area contributed by atoms with Crippen LogP contribution in [0, 0.1) is 11.3 Å². The van der Waals surface area contributed by atoms with Gasteiger partial charge in [-0.25, -0.2) is 0 Å². The minimum absolute atomic E-state index is 0.196. The molecule has 0 unspecified atom stereocenters. The van der Waals surface area contributed by atoms with E-state index in [9.17, 15) is 0 Å². The molecular weight excluding hydrogens is 260 g/mol. The Morgan fingerprint density at radius 3 is 2.43 bits per heavy atom. The van der Waals surface area contributed by atoms with Crippen molar-refractivity contribution in [2.45, 2.75) is 33.0 Å². The minimum atomic E-state index is 0.196. The summed E-state index contributed by atoms with van der Waals surface area (Å²) in [6, 6.07) is 17.9. The van der Waals surface area contributed by atoms with Crippen molar-refractivity contribution in [2.75, 3.05) is 0 Å². The Hall–Kier alpha value is -2.31. The zero-order valence-electron chi connectivity index (χ0n) is 12.5. The molecule has 2 aromatic carbocycles. The first-order valence-corrected chi connectivity index (χ1v) is 7.13. The van der Waals surface area contributed by atoms with E-state index in [1.165, 1.54) is 5.56 Å². The number of benzene rings is 2. The quantitative estimate of drug-likeness (QED) is 0.878. The molecule has 0 aliphatic rings. The zero-order chi connectivity index (χ0) is 15.1. The molecule has 0 fully saturated rings. The van der Waals surface area contributed by atoms with E-state index in [0.717, 1.165) is 24.4 Å². The van der Waals surface area contributed by atoms with Gasteiger partial charge in [-0.15, -0.1) is 0 Å². The van der Waals surface area contributed by atoms with E-state index >= 15 is 0 Å². The van der Waals surface area contributed by atoms with Crippen molar-refractivity contribution in [3.8, 4) is 11.8 Å². The van der Waals surface area contributed by atoms with E-state index in [2.05, 4.69) is 23.5 Å². The fourth-order valence-electron chi connectivity index (χ4n) is 2.06. The van der Waals surface area contributed by atoms with Crippen LogP contribution in [0.15, 0.2) is 48.5 Å². The average molecular weight is 280 g/mol. The summed E-state index contributed by atoms with van der Waals surface area (Å²) in [5.41, 5.74) is 3.03. The lowest BCUT2D eigenvalue weighted by atomic mass is 10.1. The number of nitrogens with zero attached hydrogens (tertiary/aromatic N) is 1. The molecular formula is C18H20N2O. The van der Waals surface area contributed by atoms with Crippen LogP contribution in [0.1, 0.15) is 30.5 Å². The number of rotatable bonds is 6. The smallest absolute Gasteiger partial charge is 0.119 e. The molecule has 0 heterocycles. The van der Waals surface area contributed by atoms with Gasteiger partial charge in [-0.1, -0.05) is 24.3 Å². The van der Waals surface area contributed by atoms with E-state index in [1.54, 1.807) is 0 Å². The maximum Gasteiger partial charge on any atom is 0.119 e. The van der Waals surface area contributed by atoms with E-state index in [-0.39, 0.29) is 6.10 Å². The van der Waals surface area contributed by atoms with Crippen LogP contribution in [0.25, 0.3) is 0 Å². The van der Waals surface area contributed by atoms with Gasteiger partial charge in [0.05, 0.1) is 17.7 Å². The predicted molar refractivity (Wildman–Crippen MR) is 83.9 cm³/mol. The van der Waals surface area contributed by atoms with Gasteiger partial charge in [-0.05, 0) is 49.2 Å². The van der Waals surface area contributed by atoms with Crippen LogP contribution in [0.2, 0.25) is 0 Å². The van der Waals surface area contributed by atoms with Crippen molar-refractivity contribution < 1.29 is 4.74 Å². The van der Waals surface area contributed by atoms with Crippen molar-refractivity contribution in [3.63, 3.8) is 0 Å². The molecule has 2 rings (SSSR count). The highest BCUT2D eigenvalue weighted by Gasteiger charge is 1.99. The maximum atomic E-state index is 8.87. The standard InChI is InChI=1S/C18H20N2O/c1-14(2)21-18-8-6-15(7-9-18)12-20-13-17-5-3-4-16(10-17)11-19/h3-10,14,20H,12-13H2,1-2H3. The second-order valence-electron chi connectivity index (χ2n) is 5.23. The Bertz CT molecular complexity index is 612. The number of hydrogen-bond acceptors (Lipinski definition) is 3. The first-order chi connectivity index (χ1) is 10.2. The fourth-order valence-corrected chi connectivity index (χ4v) is 2.06. The Kier molecular flexibility index (Phi) is 5.36. The van der Waals surface area contributed by atoms with Gasteiger partial charge in [0, 0.05) is 13.1 Å². The first-order valence-electron chi connectivity index (χ1n) is 7.13. The SMILES string of the molecule is CC(C)Oc1ccc(CNCc2cccc(C#N)c2)cc1. The van der Waals surface area contributed by atoms with Crippen molar-refractivity contribution in [3.05, 3.63) is 65.2 Å².